The molecule has 0 saturated heterocycles. The molecule has 1 aromatic heterocycles. The first-order valence-electron chi connectivity index (χ1n) is 5.50. The number of halogens is 6. The fourth-order valence-corrected chi connectivity index (χ4v) is 1.65. The highest BCUT2D eigenvalue weighted by atomic mass is 35.5. The van der Waals surface area contributed by atoms with E-state index in [1.54, 1.807) is 0 Å². The van der Waals surface area contributed by atoms with Crippen LogP contribution in [0, 0.1) is 0 Å². The molecule has 0 atom stereocenters. The second-order valence-electron chi connectivity index (χ2n) is 3.58. The minimum atomic E-state index is -5.13. The Bertz CT molecular complexity index is 521. The molecule has 0 unspecified atom stereocenters. The van der Waals surface area contributed by atoms with Gasteiger partial charge in [-0.05, 0) is 6.92 Å². The molecule has 0 spiro atoms. The molecule has 0 radical (unpaired) electrons. The summed E-state index contributed by atoms with van der Waals surface area (Å²) in [5.41, 5.74) is -2.26. The molecule has 0 N–H and O–H groups in total. The van der Waals surface area contributed by atoms with Crippen molar-refractivity contribution in [1.29, 1.82) is 0 Å². The van der Waals surface area contributed by atoms with E-state index < -0.39 is 47.3 Å². The lowest BCUT2D eigenvalue weighted by Gasteiger charge is -2.15. The Morgan fingerprint density at radius 3 is 2.48 bits per heavy atom. The van der Waals surface area contributed by atoms with Crippen LogP contribution in [0.1, 0.15) is 35.1 Å². The van der Waals surface area contributed by atoms with E-state index in [2.05, 4.69) is 14.5 Å². The maximum Gasteiger partial charge on any atom is 0.573 e. The Kier molecular flexibility index (Phi) is 5.70. The molecule has 1 rings (SSSR count). The van der Waals surface area contributed by atoms with Crippen LogP contribution < -0.4 is 4.74 Å². The van der Waals surface area contributed by atoms with Crippen LogP contribution in [0.15, 0.2) is 6.07 Å². The first-order valence-corrected chi connectivity index (χ1v) is 6.03. The number of ether oxygens (including phenoxy) is 2. The Balaban J connectivity index is 3.43. The van der Waals surface area contributed by atoms with Gasteiger partial charge in [-0.2, -0.15) is 0 Å². The Morgan fingerprint density at radius 2 is 2.05 bits per heavy atom. The van der Waals surface area contributed by atoms with Crippen LogP contribution in [0.5, 0.6) is 5.75 Å². The summed E-state index contributed by atoms with van der Waals surface area (Å²) in [7, 11) is 0. The van der Waals surface area contributed by atoms with Crippen molar-refractivity contribution in [2.24, 2.45) is 0 Å². The van der Waals surface area contributed by atoms with Gasteiger partial charge in [0.05, 0.1) is 12.5 Å². The third-order valence-corrected chi connectivity index (χ3v) is 2.42. The second-order valence-corrected chi connectivity index (χ2v) is 3.84. The van der Waals surface area contributed by atoms with Crippen LogP contribution in [0.25, 0.3) is 0 Å². The Morgan fingerprint density at radius 1 is 1.43 bits per heavy atom. The zero-order valence-corrected chi connectivity index (χ0v) is 11.3. The summed E-state index contributed by atoms with van der Waals surface area (Å²) in [5, 5.41) is 0. The number of rotatable bonds is 5. The van der Waals surface area contributed by atoms with Crippen molar-refractivity contribution < 1.29 is 36.2 Å². The fraction of sp³-hybridized carbons (Fsp3) is 0.455. The standard InChI is InChI=1S/C11H9ClF5NO3/c1-2-20-10(19)8-5(4-12)7(21-11(15,16)17)3-6(18-8)9(13)14/h3,9H,2,4H2,1H3. The minimum absolute atomic E-state index is 0.114. The number of hydrogen-bond donors (Lipinski definition) is 0. The van der Waals surface area contributed by atoms with E-state index in [0.717, 1.165) is 0 Å². The van der Waals surface area contributed by atoms with E-state index >= 15 is 0 Å². The molecule has 0 amide bonds. The van der Waals surface area contributed by atoms with Gasteiger partial charge in [0.25, 0.3) is 6.43 Å². The largest absolute Gasteiger partial charge is 0.573 e. The molecule has 0 fully saturated rings. The summed E-state index contributed by atoms with van der Waals surface area (Å²) in [6.45, 7) is 1.32. The van der Waals surface area contributed by atoms with Crippen molar-refractivity contribution in [2.75, 3.05) is 6.61 Å². The number of aromatic nitrogens is 1. The summed E-state index contributed by atoms with van der Waals surface area (Å²) < 4.78 is 70.3. The maximum absolute atomic E-state index is 12.7. The summed E-state index contributed by atoms with van der Waals surface area (Å²) in [4.78, 5) is 14.9. The molecular weight excluding hydrogens is 325 g/mol. The average Bonchev–Trinajstić information content (AvgIpc) is 2.36. The molecule has 0 aromatic carbocycles. The van der Waals surface area contributed by atoms with Gasteiger partial charge < -0.3 is 9.47 Å². The quantitative estimate of drug-likeness (QED) is 0.467. The van der Waals surface area contributed by atoms with Crippen LogP contribution in [0.4, 0.5) is 22.0 Å². The molecule has 0 saturated carbocycles. The smallest absolute Gasteiger partial charge is 0.461 e. The predicted molar refractivity (Wildman–Crippen MR) is 61.4 cm³/mol. The van der Waals surface area contributed by atoms with Gasteiger partial charge in [-0.25, -0.2) is 18.6 Å². The van der Waals surface area contributed by atoms with Gasteiger partial charge in [-0.15, -0.1) is 24.8 Å². The van der Waals surface area contributed by atoms with E-state index in [1.807, 2.05) is 0 Å². The number of nitrogens with zero attached hydrogens (tertiary/aromatic N) is 1. The predicted octanol–water partition coefficient (Wildman–Crippen LogP) is 3.83. The number of pyridine rings is 1. The molecule has 0 aliphatic rings. The molecule has 0 aliphatic heterocycles. The molecule has 0 bridgehead atoms. The third kappa shape index (κ3) is 4.69. The van der Waals surface area contributed by atoms with Crippen molar-refractivity contribution in [3.8, 4) is 5.75 Å². The van der Waals surface area contributed by atoms with Gasteiger partial charge in [0.15, 0.2) is 5.69 Å². The van der Waals surface area contributed by atoms with Gasteiger partial charge in [-0.1, -0.05) is 0 Å². The molecule has 118 valence electrons. The van der Waals surface area contributed by atoms with Crippen molar-refractivity contribution in [1.82, 2.24) is 4.98 Å². The highest BCUT2D eigenvalue weighted by Crippen LogP contribution is 2.33. The molecule has 1 aromatic rings. The lowest BCUT2D eigenvalue weighted by Crippen LogP contribution is -2.20. The SMILES string of the molecule is CCOC(=O)c1nc(C(F)F)cc(OC(F)(F)F)c1CCl. The highest BCUT2D eigenvalue weighted by Gasteiger charge is 2.34. The zero-order valence-electron chi connectivity index (χ0n) is 10.5. The second kappa shape index (κ2) is 6.88. The van der Waals surface area contributed by atoms with Crippen LogP contribution in [0.3, 0.4) is 0 Å². The van der Waals surface area contributed by atoms with Gasteiger partial charge in [0.1, 0.15) is 11.4 Å². The van der Waals surface area contributed by atoms with Gasteiger partial charge in [0, 0.05) is 11.6 Å². The number of alkyl halides is 6. The molecule has 4 nitrogen and oxygen atoms in total. The van der Waals surface area contributed by atoms with E-state index in [0.29, 0.717) is 6.07 Å². The topological polar surface area (TPSA) is 48.4 Å². The summed E-state index contributed by atoms with van der Waals surface area (Å²) in [5.74, 6) is -2.77. The van der Waals surface area contributed by atoms with Gasteiger partial charge in [-0.3, -0.25) is 0 Å². The number of carbonyl (C=O) groups excluding carboxylic acids is 1. The van der Waals surface area contributed by atoms with E-state index in [9.17, 15) is 26.7 Å². The zero-order chi connectivity index (χ0) is 16.2. The number of hydrogen-bond acceptors (Lipinski definition) is 4. The Labute approximate surface area is 120 Å². The van der Waals surface area contributed by atoms with Gasteiger partial charge in [0.2, 0.25) is 0 Å². The summed E-state index contributed by atoms with van der Waals surface area (Å²) in [6.07, 6.45) is -8.33. The van der Waals surface area contributed by atoms with E-state index in [-0.39, 0.29) is 6.61 Å². The lowest BCUT2D eigenvalue weighted by atomic mass is 10.1. The van der Waals surface area contributed by atoms with E-state index in [4.69, 9.17) is 11.6 Å². The van der Waals surface area contributed by atoms with Crippen molar-refractivity contribution >= 4 is 17.6 Å². The molecule has 21 heavy (non-hydrogen) atoms. The molecule has 0 aliphatic carbocycles. The summed E-state index contributed by atoms with van der Waals surface area (Å²) in [6, 6.07) is 0.387. The average molecular weight is 334 g/mol. The normalized spacial score (nSPS) is 11.6. The van der Waals surface area contributed by atoms with Gasteiger partial charge >= 0.3 is 12.3 Å². The number of carbonyl (C=O) groups is 1. The van der Waals surface area contributed by atoms with E-state index in [1.165, 1.54) is 6.92 Å². The minimum Gasteiger partial charge on any atom is -0.461 e. The monoisotopic (exact) mass is 333 g/mol. The lowest BCUT2D eigenvalue weighted by molar-refractivity contribution is -0.275. The Hall–Kier alpha value is -1.64. The first-order chi connectivity index (χ1) is 9.69. The fourth-order valence-electron chi connectivity index (χ4n) is 1.39. The summed E-state index contributed by atoms with van der Waals surface area (Å²) >= 11 is 5.46. The molecular formula is C11H9ClF5NO3. The van der Waals surface area contributed by atoms with Crippen LogP contribution in [-0.4, -0.2) is 23.9 Å². The third-order valence-electron chi connectivity index (χ3n) is 2.15. The molecule has 1 heterocycles. The molecule has 10 heteroatoms. The van der Waals surface area contributed by atoms with Crippen LogP contribution >= 0.6 is 11.6 Å². The van der Waals surface area contributed by atoms with Crippen molar-refractivity contribution in [3.63, 3.8) is 0 Å². The maximum atomic E-state index is 12.7. The van der Waals surface area contributed by atoms with Crippen LogP contribution in [-0.2, 0) is 10.6 Å². The van der Waals surface area contributed by atoms with Crippen LogP contribution in [0.2, 0.25) is 0 Å². The van der Waals surface area contributed by atoms with Crippen molar-refractivity contribution in [3.05, 3.63) is 23.0 Å². The highest BCUT2D eigenvalue weighted by molar-refractivity contribution is 6.17. The van der Waals surface area contributed by atoms with Crippen molar-refractivity contribution in [2.45, 2.75) is 25.6 Å². The first kappa shape index (κ1) is 17.4. The number of esters is 1.